The third-order valence-electron chi connectivity index (χ3n) is 3.80. The first-order valence-electron chi connectivity index (χ1n) is 5.64. The average Bonchev–Trinajstić information content (AvgIpc) is 2.77. The summed E-state index contributed by atoms with van der Waals surface area (Å²) in [5.74, 6) is -0.0539. The number of carbonyl (C=O) groups excluding carboxylic acids is 1. The summed E-state index contributed by atoms with van der Waals surface area (Å²) < 4.78 is 0. The van der Waals surface area contributed by atoms with Crippen LogP contribution in [-0.4, -0.2) is 35.0 Å². The zero-order chi connectivity index (χ0) is 11.7. The average molecular weight is 243 g/mol. The minimum Gasteiger partial charge on any atom is -0.481 e. The van der Waals surface area contributed by atoms with E-state index in [4.69, 9.17) is 0 Å². The molecule has 2 fully saturated rings. The molecule has 2 bridgehead atoms. The van der Waals surface area contributed by atoms with Gasteiger partial charge in [0.15, 0.2) is 0 Å². The molecular formula is C11H17NO3S. The number of aliphatic carboxylic acids is 1. The third-order valence-corrected chi connectivity index (χ3v) is 4.36. The third kappa shape index (κ3) is 2.05. The molecule has 0 aromatic carbocycles. The van der Waals surface area contributed by atoms with Crippen molar-refractivity contribution in [3.05, 3.63) is 0 Å². The molecule has 16 heavy (non-hydrogen) atoms. The van der Waals surface area contributed by atoms with Crippen LogP contribution in [0.2, 0.25) is 0 Å². The fourth-order valence-electron chi connectivity index (χ4n) is 3.21. The molecule has 1 amide bonds. The number of carboxylic acids is 1. The Morgan fingerprint density at radius 2 is 2.06 bits per heavy atom. The second-order valence-electron chi connectivity index (χ2n) is 4.72. The van der Waals surface area contributed by atoms with Crippen LogP contribution in [0.3, 0.4) is 0 Å². The minimum absolute atomic E-state index is 0.0312. The van der Waals surface area contributed by atoms with E-state index in [1.807, 2.05) is 6.26 Å². The van der Waals surface area contributed by atoms with Crippen LogP contribution in [0.5, 0.6) is 0 Å². The van der Waals surface area contributed by atoms with Crippen LogP contribution < -0.4 is 5.32 Å². The molecule has 0 aliphatic heterocycles. The Hall–Kier alpha value is -0.710. The van der Waals surface area contributed by atoms with Crippen LogP contribution in [0.25, 0.3) is 0 Å². The Balaban J connectivity index is 2.02. The zero-order valence-corrected chi connectivity index (χ0v) is 10.1. The highest BCUT2D eigenvalue weighted by atomic mass is 32.2. The van der Waals surface area contributed by atoms with Gasteiger partial charge in [0.1, 0.15) is 0 Å². The molecule has 2 aliphatic carbocycles. The molecule has 0 aromatic rings. The number of amides is 1. The number of nitrogens with one attached hydrogen (secondary N) is 1. The summed E-state index contributed by atoms with van der Waals surface area (Å²) in [6.45, 7) is 0. The van der Waals surface area contributed by atoms with Crippen molar-refractivity contribution in [1.29, 1.82) is 0 Å². The number of hydrogen-bond acceptors (Lipinski definition) is 3. The second-order valence-corrected chi connectivity index (χ2v) is 5.59. The van der Waals surface area contributed by atoms with Crippen LogP contribution in [-0.2, 0) is 9.59 Å². The van der Waals surface area contributed by atoms with Crippen molar-refractivity contribution in [1.82, 2.24) is 5.32 Å². The molecule has 2 saturated carbocycles. The molecule has 2 aliphatic rings. The fourth-order valence-corrected chi connectivity index (χ4v) is 3.56. The van der Waals surface area contributed by atoms with Gasteiger partial charge in [-0.15, -0.1) is 0 Å². The Bertz CT molecular complexity index is 308. The zero-order valence-electron chi connectivity index (χ0n) is 9.31. The largest absolute Gasteiger partial charge is 0.481 e. The van der Waals surface area contributed by atoms with Gasteiger partial charge in [-0.25, -0.2) is 0 Å². The van der Waals surface area contributed by atoms with Gasteiger partial charge in [-0.1, -0.05) is 0 Å². The first kappa shape index (κ1) is 11.8. The summed E-state index contributed by atoms with van der Waals surface area (Å²) in [6, 6.07) is -0.129. The van der Waals surface area contributed by atoms with Crippen LogP contribution in [0.15, 0.2) is 0 Å². The molecule has 90 valence electrons. The predicted molar refractivity (Wildman–Crippen MR) is 62.3 cm³/mol. The lowest BCUT2D eigenvalue weighted by Crippen LogP contribution is -2.47. The fraction of sp³-hybridized carbons (Fsp3) is 0.818. The topological polar surface area (TPSA) is 66.4 Å². The van der Waals surface area contributed by atoms with E-state index < -0.39 is 5.97 Å². The molecule has 4 atom stereocenters. The maximum absolute atomic E-state index is 11.5. The lowest BCUT2D eigenvalue weighted by atomic mass is 9.84. The van der Waals surface area contributed by atoms with Crippen molar-refractivity contribution >= 4 is 23.6 Å². The normalized spacial score (nSPS) is 36.3. The predicted octanol–water partition coefficient (Wildman–Crippen LogP) is 0.965. The van der Waals surface area contributed by atoms with Gasteiger partial charge < -0.3 is 10.4 Å². The summed E-state index contributed by atoms with van der Waals surface area (Å²) in [5, 5.41) is 12.1. The van der Waals surface area contributed by atoms with Crippen molar-refractivity contribution in [3.63, 3.8) is 0 Å². The van der Waals surface area contributed by atoms with Crippen LogP contribution in [0, 0.1) is 17.8 Å². The van der Waals surface area contributed by atoms with E-state index in [1.54, 1.807) is 0 Å². The van der Waals surface area contributed by atoms with Gasteiger partial charge in [0.2, 0.25) is 5.91 Å². The molecular weight excluding hydrogens is 226 g/mol. The van der Waals surface area contributed by atoms with Gasteiger partial charge in [-0.2, -0.15) is 11.8 Å². The second kappa shape index (κ2) is 4.65. The number of rotatable bonds is 4. The standard InChI is InChI=1S/C11H17NO3S/c1-16-5-8(13)12-10-7-3-2-6(4-7)9(10)11(14)15/h6-7,9-10H,2-5H2,1H3,(H,12,13)(H,14,15). The van der Waals surface area contributed by atoms with Gasteiger partial charge >= 0.3 is 5.97 Å². The Labute approximate surface area is 99.2 Å². The van der Waals surface area contributed by atoms with Crippen molar-refractivity contribution in [2.24, 2.45) is 17.8 Å². The van der Waals surface area contributed by atoms with Crippen LogP contribution >= 0.6 is 11.8 Å². The molecule has 0 saturated heterocycles. The van der Waals surface area contributed by atoms with Gasteiger partial charge in [-0.3, -0.25) is 9.59 Å². The van der Waals surface area contributed by atoms with E-state index in [2.05, 4.69) is 5.32 Å². The van der Waals surface area contributed by atoms with Crippen molar-refractivity contribution in [3.8, 4) is 0 Å². The summed E-state index contributed by atoms with van der Waals surface area (Å²) in [4.78, 5) is 22.7. The Morgan fingerprint density at radius 1 is 1.38 bits per heavy atom. The van der Waals surface area contributed by atoms with Gasteiger partial charge in [0, 0.05) is 6.04 Å². The maximum atomic E-state index is 11.5. The molecule has 0 spiro atoms. The number of thioether (sulfide) groups is 1. The lowest BCUT2D eigenvalue weighted by Gasteiger charge is -2.28. The van der Waals surface area contributed by atoms with Gasteiger partial charge in [0.05, 0.1) is 11.7 Å². The highest BCUT2D eigenvalue weighted by Crippen LogP contribution is 2.48. The molecule has 4 nitrogen and oxygen atoms in total. The van der Waals surface area contributed by atoms with Crippen molar-refractivity contribution in [2.75, 3.05) is 12.0 Å². The Morgan fingerprint density at radius 3 is 2.69 bits per heavy atom. The molecule has 0 aromatic heterocycles. The van der Waals surface area contributed by atoms with Crippen LogP contribution in [0.4, 0.5) is 0 Å². The number of carbonyl (C=O) groups is 2. The Kier molecular flexibility index (Phi) is 3.42. The van der Waals surface area contributed by atoms with Crippen molar-refractivity contribution in [2.45, 2.75) is 25.3 Å². The molecule has 5 heteroatoms. The monoisotopic (exact) mass is 243 g/mol. The highest BCUT2D eigenvalue weighted by Gasteiger charge is 2.51. The summed E-state index contributed by atoms with van der Waals surface area (Å²) in [5.41, 5.74) is 0. The molecule has 2 rings (SSSR count). The van der Waals surface area contributed by atoms with Gasteiger partial charge in [-0.05, 0) is 37.4 Å². The van der Waals surface area contributed by atoms with E-state index in [9.17, 15) is 14.7 Å². The highest BCUT2D eigenvalue weighted by molar-refractivity contribution is 7.99. The van der Waals surface area contributed by atoms with Gasteiger partial charge in [0.25, 0.3) is 0 Å². The number of hydrogen-bond donors (Lipinski definition) is 2. The number of fused-ring (bicyclic) bond motifs is 2. The number of carboxylic acid groups (broad SMARTS) is 1. The quantitative estimate of drug-likeness (QED) is 0.772. The smallest absolute Gasteiger partial charge is 0.308 e. The van der Waals surface area contributed by atoms with E-state index >= 15 is 0 Å². The first-order valence-corrected chi connectivity index (χ1v) is 7.04. The maximum Gasteiger partial charge on any atom is 0.308 e. The minimum atomic E-state index is -0.748. The van der Waals surface area contributed by atoms with E-state index in [1.165, 1.54) is 11.8 Å². The molecule has 0 heterocycles. The summed E-state index contributed by atoms with van der Waals surface area (Å²) >= 11 is 1.46. The molecule has 2 N–H and O–H groups in total. The molecule has 4 unspecified atom stereocenters. The van der Waals surface area contributed by atoms with Crippen molar-refractivity contribution < 1.29 is 14.7 Å². The first-order chi connectivity index (χ1) is 7.63. The lowest BCUT2D eigenvalue weighted by molar-refractivity contribution is -0.144. The summed E-state index contributed by atoms with van der Waals surface area (Å²) in [7, 11) is 0. The SMILES string of the molecule is CSCC(=O)NC1C2CCC(C2)C1C(=O)O. The van der Waals surface area contributed by atoms with E-state index in [0.717, 1.165) is 19.3 Å². The van der Waals surface area contributed by atoms with E-state index in [0.29, 0.717) is 11.7 Å². The van der Waals surface area contributed by atoms with E-state index in [-0.39, 0.29) is 23.8 Å². The summed E-state index contributed by atoms with van der Waals surface area (Å²) in [6.07, 6.45) is 4.92. The van der Waals surface area contributed by atoms with Crippen LogP contribution in [0.1, 0.15) is 19.3 Å². The molecule has 0 radical (unpaired) electrons.